The maximum atomic E-state index is 11.7. The lowest BCUT2D eigenvalue weighted by atomic mass is 10.1. The van der Waals surface area contributed by atoms with E-state index < -0.39 is 24.8 Å². The lowest BCUT2D eigenvalue weighted by Gasteiger charge is -2.04. The number of nitrogens with one attached hydrogen (secondary N) is 1. The van der Waals surface area contributed by atoms with Gasteiger partial charge in [0.05, 0.1) is 33.8 Å². The Morgan fingerprint density at radius 1 is 1.57 bits per heavy atom. The number of fused-ring (bicyclic) bond motifs is 1. The molecule has 0 aromatic carbocycles. The molecule has 0 unspecified atom stereocenters. The minimum Gasteiger partial charge on any atom is -0.466 e. The van der Waals surface area contributed by atoms with E-state index >= 15 is 0 Å². The second kappa shape index (κ2) is 6.73. The van der Waals surface area contributed by atoms with Crippen LogP contribution in [0.2, 0.25) is 0 Å². The summed E-state index contributed by atoms with van der Waals surface area (Å²) in [6.45, 7) is 2.02. The number of carbonyl (C=O) groups excluding carboxylic acids is 1. The number of H-pyrrole nitrogens is 1. The molecule has 114 valence electrons. The molecule has 0 aliphatic carbocycles. The van der Waals surface area contributed by atoms with Crippen LogP contribution in [-0.2, 0) is 16.0 Å². The second-order valence-corrected chi connectivity index (χ2v) is 9.72. The number of rotatable bonds is 4. The molecule has 2 rings (SSSR count). The van der Waals surface area contributed by atoms with E-state index in [0.29, 0.717) is 21.4 Å². The zero-order valence-electron chi connectivity index (χ0n) is 11.5. The molecule has 6 nitrogen and oxygen atoms in total. The smallest absolute Gasteiger partial charge is 0.310 e. The van der Waals surface area contributed by atoms with Crippen LogP contribution in [0.3, 0.4) is 0 Å². The number of esters is 1. The largest absolute Gasteiger partial charge is 0.466 e. The zero-order valence-corrected chi connectivity index (χ0v) is 15.2. The Morgan fingerprint density at radius 2 is 2.29 bits per heavy atom. The van der Waals surface area contributed by atoms with E-state index in [1.807, 2.05) is 15.0 Å². The molecule has 0 bridgehead atoms. The van der Waals surface area contributed by atoms with Gasteiger partial charge in [0.25, 0.3) is 3.63 Å². The van der Waals surface area contributed by atoms with E-state index in [2.05, 4.69) is 20.9 Å². The summed E-state index contributed by atoms with van der Waals surface area (Å²) in [6, 6.07) is 0. The molecule has 1 aromatic rings. The third-order valence-electron chi connectivity index (χ3n) is 2.88. The average Bonchev–Trinajstić information content (AvgIpc) is 2.59. The minimum absolute atomic E-state index is 0.00935. The van der Waals surface area contributed by atoms with Crippen LogP contribution in [-0.4, -0.2) is 35.1 Å². The fourth-order valence-electron chi connectivity index (χ4n) is 2.06. The zero-order chi connectivity index (χ0) is 15.6. The lowest BCUT2D eigenvalue weighted by Crippen LogP contribution is -2.16. The molecular formula is C13H14BrIN2O4. The first kappa shape index (κ1) is 16.2. The first-order valence-electron chi connectivity index (χ1n) is 6.13. The van der Waals surface area contributed by atoms with Gasteiger partial charge in [-0.3, -0.25) is 14.9 Å². The van der Waals surface area contributed by atoms with Crippen molar-refractivity contribution >= 4 is 54.5 Å². The molecule has 0 atom stereocenters. The van der Waals surface area contributed by atoms with E-state index in [4.69, 9.17) is 4.74 Å². The van der Waals surface area contributed by atoms with Gasteiger partial charge in [0.2, 0.25) is 0 Å². The van der Waals surface area contributed by atoms with Gasteiger partial charge in [0.15, 0.2) is 0 Å². The van der Waals surface area contributed by atoms with E-state index in [0.717, 1.165) is 0 Å². The van der Waals surface area contributed by atoms with Gasteiger partial charge in [0, 0.05) is 5.56 Å². The number of carbonyl (C=O) groups is 1. The Labute approximate surface area is 136 Å². The summed E-state index contributed by atoms with van der Waals surface area (Å²) in [5.41, 5.74) is 1.79. The van der Waals surface area contributed by atoms with E-state index in [1.54, 1.807) is 13.0 Å². The van der Waals surface area contributed by atoms with Gasteiger partial charge in [-0.05, 0) is 37.9 Å². The summed E-state index contributed by atoms with van der Waals surface area (Å²) in [4.78, 5) is 27.9. The van der Waals surface area contributed by atoms with E-state index in [-0.39, 0.29) is 21.6 Å². The molecular weight excluding hydrogens is 455 g/mol. The highest BCUT2D eigenvalue weighted by molar-refractivity contribution is 14.2. The third kappa shape index (κ3) is 3.37. The van der Waals surface area contributed by atoms with Gasteiger partial charge in [-0.25, -0.2) is 0 Å². The van der Waals surface area contributed by atoms with Crippen molar-refractivity contribution in [2.24, 2.45) is 0 Å². The quantitative estimate of drug-likeness (QED) is 0.242. The molecule has 1 aliphatic heterocycles. The summed E-state index contributed by atoms with van der Waals surface area (Å²) in [5, 5.41) is 11.5. The van der Waals surface area contributed by atoms with Crippen molar-refractivity contribution in [3.05, 3.63) is 37.6 Å². The monoisotopic (exact) mass is 468 g/mol. The first-order chi connectivity index (χ1) is 9.95. The van der Waals surface area contributed by atoms with Crippen molar-refractivity contribution in [1.82, 2.24) is 4.98 Å². The average molecular weight is 469 g/mol. The number of hydrogen-bond donors (Lipinski definition) is 1. The molecule has 0 saturated heterocycles. The third-order valence-corrected chi connectivity index (χ3v) is 7.60. The summed E-state index contributed by atoms with van der Waals surface area (Å²) in [5.74, 6) is -0.392. The topological polar surface area (TPSA) is 85.2 Å². The Balaban J connectivity index is 2.61. The number of nitro groups is 1. The van der Waals surface area contributed by atoms with Gasteiger partial charge in [-0.1, -0.05) is 24.9 Å². The van der Waals surface area contributed by atoms with Gasteiger partial charge in [0.1, 0.15) is 0 Å². The molecule has 8 heteroatoms. The maximum absolute atomic E-state index is 11.7. The van der Waals surface area contributed by atoms with Crippen LogP contribution in [0.15, 0.2) is 10.7 Å². The van der Waals surface area contributed by atoms with E-state index in [9.17, 15) is 14.9 Å². The number of nitrogens with zero attached hydrogens (tertiary/aromatic N) is 1. The number of aromatic amines is 1. The molecule has 0 spiro atoms. The van der Waals surface area contributed by atoms with Crippen molar-refractivity contribution < 1.29 is 14.5 Å². The van der Waals surface area contributed by atoms with Gasteiger partial charge >= 0.3 is 5.97 Å². The van der Waals surface area contributed by atoms with Crippen molar-refractivity contribution in [3.8, 4) is 0 Å². The molecule has 1 N–H and O–H groups in total. The van der Waals surface area contributed by atoms with Crippen LogP contribution in [0.5, 0.6) is 0 Å². The molecule has 0 saturated carbocycles. The van der Waals surface area contributed by atoms with Crippen molar-refractivity contribution in [2.75, 3.05) is 11.5 Å². The molecule has 1 aliphatic rings. The molecule has 2 heterocycles. The van der Waals surface area contributed by atoms with Gasteiger partial charge in [-0.15, -0.1) is 0 Å². The predicted molar refractivity (Wildman–Crippen MR) is 95.0 cm³/mol. The van der Waals surface area contributed by atoms with Crippen LogP contribution in [0.25, 0.3) is 6.08 Å². The normalized spacial score (nSPS) is 14.3. The minimum atomic E-state index is -2.00. The summed E-state index contributed by atoms with van der Waals surface area (Å²) in [7, 11) is 0. The number of ether oxygens (including phenoxy) is 1. The van der Waals surface area contributed by atoms with Crippen LogP contribution < -0.4 is 0 Å². The fourth-order valence-corrected chi connectivity index (χ4v) is 5.87. The summed E-state index contributed by atoms with van der Waals surface area (Å²) in [6.07, 6.45) is 3.66. The Bertz CT molecular complexity index is 727. The number of aromatic nitrogens is 1. The summed E-state index contributed by atoms with van der Waals surface area (Å²) >= 11 is 1.35. The van der Waals surface area contributed by atoms with Gasteiger partial charge in [-0.2, -0.15) is 0 Å². The van der Waals surface area contributed by atoms with Crippen LogP contribution >= 0.6 is 34.8 Å². The fraction of sp³-hybridized carbons (Fsp3) is 0.308. The number of hydrogen-bond acceptors (Lipinski definition) is 4. The maximum Gasteiger partial charge on any atom is 0.310 e. The molecule has 0 radical (unpaired) electrons. The SMILES string of the molecule is CCOC(=O)Cc1c(Br)[nH]c2c1C([N+](=O)[O-])=I(C)=CC=C2. The predicted octanol–water partition coefficient (Wildman–Crippen LogP) is 2.60. The van der Waals surface area contributed by atoms with Crippen molar-refractivity contribution in [3.63, 3.8) is 0 Å². The highest BCUT2D eigenvalue weighted by Gasteiger charge is 2.28. The van der Waals surface area contributed by atoms with E-state index in [1.165, 1.54) is 0 Å². The number of allylic oxidation sites excluding steroid dienone is 1. The van der Waals surface area contributed by atoms with Gasteiger partial charge < -0.3 is 9.72 Å². The highest BCUT2D eigenvalue weighted by atomic mass is 127. The van der Waals surface area contributed by atoms with Crippen LogP contribution in [0, 0.1) is 10.1 Å². The van der Waals surface area contributed by atoms with Crippen molar-refractivity contribution in [2.45, 2.75) is 13.3 Å². The van der Waals surface area contributed by atoms with Crippen molar-refractivity contribution in [1.29, 1.82) is 0 Å². The molecule has 0 amide bonds. The standard InChI is InChI=1S/C13H14BrIN2O4/c1-3-21-10(18)7-8-11-9(16-12(8)14)5-4-6-15(2)13(11)17(19)20/h4-6,16H,3,7H2,1-2H3. The first-order valence-corrected chi connectivity index (χ1v) is 11.4. The number of halogens is 2. The lowest BCUT2D eigenvalue weighted by molar-refractivity contribution is -0.343. The second-order valence-electron chi connectivity index (χ2n) is 4.24. The molecule has 0 fully saturated rings. The highest BCUT2D eigenvalue weighted by Crippen LogP contribution is 2.31. The van der Waals surface area contributed by atoms with Crippen LogP contribution in [0.4, 0.5) is 0 Å². The summed E-state index contributed by atoms with van der Waals surface area (Å²) < 4.78 is 7.69. The molecule has 1 aromatic heterocycles. The van der Waals surface area contributed by atoms with Crippen LogP contribution in [0.1, 0.15) is 23.7 Å². The Hall–Kier alpha value is -1.16. The number of alkyl halides is 1. The Morgan fingerprint density at radius 3 is 2.90 bits per heavy atom. The Kier molecular flexibility index (Phi) is 5.20. The molecule has 21 heavy (non-hydrogen) atoms.